The van der Waals surface area contributed by atoms with Gasteiger partial charge in [0.1, 0.15) is 12.1 Å². The van der Waals surface area contributed by atoms with Crippen LogP contribution in [-0.2, 0) is 19.6 Å². The van der Waals surface area contributed by atoms with Crippen LogP contribution in [0.25, 0.3) is 0 Å². The Balaban J connectivity index is 2.20. The number of benzene rings is 1. The van der Waals surface area contributed by atoms with E-state index in [1.807, 2.05) is 0 Å². The summed E-state index contributed by atoms with van der Waals surface area (Å²) >= 11 is 0. The molecule has 2 rings (SSSR count). The predicted molar refractivity (Wildman–Crippen MR) is 78.6 cm³/mol. The Kier molecular flexibility index (Phi) is 4.82. The molecule has 1 aromatic rings. The fraction of sp³-hybridized carbons (Fsp3) is 0.429. The summed E-state index contributed by atoms with van der Waals surface area (Å²) in [6.45, 7) is 1.59. The Bertz CT molecular complexity index is 659. The summed E-state index contributed by atoms with van der Waals surface area (Å²) in [5.41, 5.74) is 0. The lowest BCUT2D eigenvalue weighted by Crippen LogP contribution is -2.49. The number of sulfonamides is 1. The second kappa shape index (κ2) is 6.45. The van der Waals surface area contributed by atoms with Crippen LogP contribution in [0.1, 0.15) is 19.8 Å². The molecule has 8 heteroatoms. The third-order valence-corrected chi connectivity index (χ3v) is 5.51. The topological polar surface area (TPSA) is 104 Å². The number of carboxylic acid groups (broad SMARTS) is 1. The number of hydrogen-bond donors (Lipinski definition) is 2. The zero-order chi connectivity index (χ0) is 16.3. The molecule has 1 amide bonds. The fourth-order valence-electron chi connectivity index (χ4n) is 2.39. The monoisotopic (exact) mass is 326 g/mol. The van der Waals surface area contributed by atoms with Crippen molar-refractivity contribution in [3.63, 3.8) is 0 Å². The first-order valence-electron chi connectivity index (χ1n) is 6.94. The van der Waals surface area contributed by atoms with Gasteiger partial charge in [0.2, 0.25) is 15.9 Å². The average Bonchev–Trinajstić information content (AvgIpc) is 2.98. The minimum Gasteiger partial charge on any atom is -0.480 e. The van der Waals surface area contributed by atoms with Gasteiger partial charge in [-0.05, 0) is 31.9 Å². The number of carbonyl (C=O) groups is 2. The van der Waals surface area contributed by atoms with Crippen LogP contribution in [0.5, 0.6) is 0 Å². The lowest BCUT2D eigenvalue weighted by Gasteiger charge is -2.24. The molecular weight excluding hydrogens is 308 g/mol. The van der Waals surface area contributed by atoms with Crippen molar-refractivity contribution in [1.29, 1.82) is 0 Å². The molecule has 22 heavy (non-hydrogen) atoms. The molecule has 7 nitrogen and oxygen atoms in total. The SMILES string of the molecule is C[C@H](NC(=O)C1CCCN1S(=O)(=O)c1ccccc1)C(=O)O. The maximum atomic E-state index is 12.6. The molecule has 1 aromatic carbocycles. The van der Waals surface area contributed by atoms with Crippen molar-refractivity contribution in [2.45, 2.75) is 36.7 Å². The van der Waals surface area contributed by atoms with E-state index in [-0.39, 0.29) is 11.4 Å². The van der Waals surface area contributed by atoms with Gasteiger partial charge in [-0.25, -0.2) is 8.42 Å². The van der Waals surface area contributed by atoms with Gasteiger partial charge in [-0.3, -0.25) is 9.59 Å². The van der Waals surface area contributed by atoms with Crippen LogP contribution >= 0.6 is 0 Å². The van der Waals surface area contributed by atoms with Gasteiger partial charge in [0, 0.05) is 6.54 Å². The van der Waals surface area contributed by atoms with E-state index in [4.69, 9.17) is 5.11 Å². The van der Waals surface area contributed by atoms with Crippen molar-refractivity contribution in [3.05, 3.63) is 30.3 Å². The molecule has 0 aromatic heterocycles. The second-order valence-corrected chi connectivity index (χ2v) is 7.05. The van der Waals surface area contributed by atoms with Gasteiger partial charge >= 0.3 is 5.97 Å². The van der Waals surface area contributed by atoms with Crippen LogP contribution in [0.2, 0.25) is 0 Å². The molecule has 1 heterocycles. The highest BCUT2D eigenvalue weighted by Crippen LogP contribution is 2.26. The van der Waals surface area contributed by atoms with Crippen molar-refractivity contribution in [2.24, 2.45) is 0 Å². The predicted octanol–water partition coefficient (Wildman–Crippen LogP) is 0.429. The molecule has 1 saturated heterocycles. The molecule has 2 N–H and O–H groups in total. The number of nitrogens with one attached hydrogen (secondary N) is 1. The van der Waals surface area contributed by atoms with E-state index in [9.17, 15) is 18.0 Å². The van der Waals surface area contributed by atoms with E-state index in [0.29, 0.717) is 12.8 Å². The standard InChI is InChI=1S/C14H18N2O5S/c1-10(14(18)19)15-13(17)12-8-5-9-16(12)22(20,21)11-6-3-2-4-7-11/h2-4,6-7,10,12H,5,8-9H2,1H3,(H,15,17)(H,18,19)/t10-,12?/m0/s1. The number of hydrogen-bond acceptors (Lipinski definition) is 4. The zero-order valence-corrected chi connectivity index (χ0v) is 12.9. The minimum atomic E-state index is -3.76. The van der Waals surface area contributed by atoms with Crippen molar-refractivity contribution in [2.75, 3.05) is 6.54 Å². The van der Waals surface area contributed by atoms with E-state index in [2.05, 4.69) is 5.32 Å². The summed E-state index contributed by atoms with van der Waals surface area (Å²) in [5.74, 6) is -1.74. The largest absolute Gasteiger partial charge is 0.480 e. The summed E-state index contributed by atoms with van der Waals surface area (Å²) in [4.78, 5) is 23.1. The van der Waals surface area contributed by atoms with Crippen LogP contribution < -0.4 is 5.32 Å². The average molecular weight is 326 g/mol. The molecular formula is C14H18N2O5S. The van der Waals surface area contributed by atoms with Gasteiger partial charge in [0.25, 0.3) is 0 Å². The van der Waals surface area contributed by atoms with E-state index in [1.54, 1.807) is 18.2 Å². The van der Waals surface area contributed by atoms with Crippen molar-refractivity contribution >= 4 is 21.9 Å². The Morgan fingerprint density at radius 1 is 1.32 bits per heavy atom. The van der Waals surface area contributed by atoms with Gasteiger partial charge in [-0.1, -0.05) is 18.2 Å². The summed E-state index contributed by atoms with van der Waals surface area (Å²) in [6, 6.07) is 5.96. The molecule has 0 bridgehead atoms. The summed E-state index contributed by atoms with van der Waals surface area (Å²) in [6.07, 6.45) is 0.940. The molecule has 120 valence electrons. The highest BCUT2D eigenvalue weighted by molar-refractivity contribution is 7.89. The van der Waals surface area contributed by atoms with Gasteiger partial charge in [-0.15, -0.1) is 0 Å². The first kappa shape index (κ1) is 16.4. The molecule has 1 unspecified atom stereocenters. The third-order valence-electron chi connectivity index (χ3n) is 3.59. The van der Waals surface area contributed by atoms with E-state index in [1.165, 1.54) is 19.1 Å². The molecule has 1 fully saturated rings. The van der Waals surface area contributed by atoms with Crippen LogP contribution in [0.4, 0.5) is 0 Å². The number of aliphatic carboxylic acids is 1. The number of rotatable bonds is 5. The van der Waals surface area contributed by atoms with Gasteiger partial charge in [-0.2, -0.15) is 4.31 Å². The maximum absolute atomic E-state index is 12.6. The fourth-order valence-corrected chi connectivity index (χ4v) is 4.07. The summed E-state index contributed by atoms with van der Waals surface area (Å²) in [5, 5.41) is 11.2. The molecule has 0 aliphatic carbocycles. The van der Waals surface area contributed by atoms with Crippen molar-refractivity contribution in [1.82, 2.24) is 9.62 Å². The zero-order valence-electron chi connectivity index (χ0n) is 12.1. The maximum Gasteiger partial charge on any atom is 0.325 e. The Morgan fingerprint density at radius 3 is 2.55 bits per heavy atom. The molecule has 0 radical (unpaired) electrons. The van der Waals surface area contributed by atoms with Crippen molar-refractivity contribution < 1.29 is 23.1 Å². The third kappa shape index (κ3) is 3.28. The Morgan fingerprint density at radius 2 is 1.95 bits per heavy atom. The Labute approximate surface area is 129 Å². The number of amides is 1. The van der Waals surface area contributed by atoms with E-state index < -0.39 is 34.0 Å². The van der Waals surface area contributed by atoms with E-state index in [0.717, 1.165) is 4.31 Å². The summed E-state index contributed by atoms with van der Waals surface area (Å²) in [7, 11) is -3.76. The first-order valence-corrected chi connectivity index (χ1v) is 8.38. The summed E-state index contributed by atoms with van der Waals surface area (Å²) < 4.78 is 26.3. The quantitative estimate of drug-likeness (QED) is 0.816. The first-order chi connectivity index (χ1) is 10.3. The highest BCUT2D eigenvalue weighted by atomic mass is 32.2. The van der Waals surface area contributed by atoms with Gasteiger partial charge in [0.05, 0.1) is 4.90 Å². The van der Waals surface area contributed by atoms with Crippen LogP contribution in [0.3, 0.4) is 0 Å². The minimum absolute atomic E-state index is 0.126. The van der Waals surface area contributed by atoms with Gasteiger partial charge < -0.3 is 10.4 Å². The van der Waals surface area contributed by atoms with Crippen molar-refractivity contribution in [3.8, 4) is 0 Å². The molecule has 1 aliphatic heterocycles. The molecule has 0 saturated carbocycles. The number of carboxylic acids is 1. The Hall–Kier alpha value is -1.93. The lowest BCUT2D eigenvalue weighted by molar-refractivity contribution is -0.141. The molecule has 1 aliphatic rings. The van der Waals surface area contributed by atoms with Crippen LogP contribution in [-0.4, -0.2) is 48.3 Å². The number of carbonyl (C=O) groups excluding carboxylic acids is 1. The normalized spacial score (nSPS) is 20.5. The van der Waals surface area contributed by atoms with Crippen LogP contribution in [0, 0.1) is 0 Å². The lowest BCUT2D eigenvalue weighted by atomic mass is 10.2. The van der Waals surface area contributed by atoms with Crippen LogP contribution in [0.15, 0.2) is 35.2 Å². The van der Waals surface area contributed by atoms with E-state index >= 15 is 0 Å². The number of nitrogens with zero attached hydrogens (tertiary/aromatic N) is 1. The molecule has 2 atom stereocenters. The smallest absolute Gasteiger partial charge is 0.325 e. The molecule has 0 spiro atoms. The van der Waals surface area contributed by atoms with Gasteiger partial charge in [0.15, 0.2) is 0 Å². The second-order valence-electron chi connectivity index (χ2n) is 5.16. The highest BCUT2D eigenvalue weighted by Gasteiger charge is 2.39.